The highest BCUT2D eigenvalue weighted by molar-refractivity contribution is 5.75. The van der Waals surface area contributed by atoms with E-state index in [4.69, 9.17) is 4.42 Å². The summed E-state index contributed by atoms with van der Waals surface area (Å²) in [5.74, 6) is 1.31. The molecule has 0 fully saturated rings. The summed E-state index contributed by atoms with van der Waals surface area (Å²) >= 11 is 0. The summed E-state index contributed by atoms with van der Waals surface area (Å²) in [7, 11) is 0. The van der Waals surface area contributed by atoms with Crippen molar-refractivity contribution in [3.05, 3.63) is 43.3 Å². The van der Waals surface area contributed by atoms with Crippen molar-refractivity contribution in [3.63, 3.8) is 0 Å². The maximum absolute atomic E-state index is 5.28. The zero-order valence-electron chi connectivity index (χ0n) is 8.29. The van der Waals surface area contributed by atoms with Gasteiger partial charge in [-0.05, 0) is 6.07 Å². The van der Waals surface area contributed by atoms with E-state index in [1.807, 2.05) is 6.07 Å². The van der Waals surface area contributed by atoms with E-state index < -0.39 is 0 Å². The number of aromatic amines is 1. The van der Waals surface area contributed by atoms with Crippen molar-refractivity contribution in [1.82, 2.24) is 19.9 Å². The molecule has 3 aromatic rings. The van der Waals surface area contributed by atoms with Crippen LogP contribution in [-0.2, 0) is 0 Å². The van der Waals surface area contributed by atoms with Crippen molar-refractivity contribution in [2.24, 2.45) is 0 Å². The van der Waals surface area contributed by atoms with E-state index in [9.17, 15) is 0 Å². The summed E-state index contributed by atoms with van der Waals surface area (Å²) in [4.78, 5) is 15.4. The number of pyridine rings is 1. The summed E-state index contributed by atoms with van der Waals surface area (Å²) in [6.07, 6.45) is 10.1. The quantitative estimate of drug-likeness (QED) is 0.706. The topological polar surface area (TPSA) is 67.6 Å². The Morgan fingerprint density at radius 2 is 2.06 bits per heavy atom. The van der Waals surface area contributed by atoms with Crippen molar-refractivity contribution >= 4 is 0 Å². The first-order valence-electron chi connectivity index (χ1n) is 4.79. The van der Waals surface area contributed by atoms with Crippen molar-refractivity contribution in [3.8, 4) is 22.8 Å². The molecule has 16 heavy (non-hydrogen) atoms. The number of oxazole rings is 1. The van der Waals surface area contributed by atoms with Gasteiger partial charge < -0.3 is 9.40 Å². The molecule has 0 bridgehead atoms. The minimum absolute atomic E-state index is 0.564. The van der Waals surface area contributed by atoms with Gasteiger partial charge in [0.25, 0.3) is 0 Å². The van der Waals surface area contributed by atoms with E-state index in [1.165, 1.54) is 0 Å². The molecule has 0 saturated carbocycles. The first-order valence-corrected chi connectivity index (χ1v) is 4.79. The third-order valence-corrected chi connectivity index (χ3v) is 2.24. The van der Waals surface area contributed by atoms with Gasteiger partial charge in [-0.1, -0.05) is 0 Å². The minimum Gasteiger partial charge on any atom is -0.445 e. The number of aromatic nitrogens is 4. The number of H-pyrrole nitrogens is 1. The first-order chi connectivity index (χ1) is 7.95. The third-order valence-electron chi connectivity index (χ3n) is 2.24. The third kappa shape index (κ3) is 1.38. The van der Waals surface area contributed by atoms with Crippen LogP contribution in [0.3, 0.4) is 0 Å². The number of hydrogen-bond acceptors (Lipinski definition) is 4. The first kappa shape index (κ1) is 8.84. The average molecular weight is 212 g/mol. The summed E-state index contributed by atoms with van der Waals surface area (Å²) in [6, 6.07) is 1.85. The molecule has 0 aliphatic rings. The Labute approximate surface area is 91.2 Å². The van der Waals surface area contributed by atoms with Crippen LogP contribution in [0.4, 0.5) is 0 Å². The van der Waals surface area contributed by atoms with E-state index in [1.54, 1.807) is 37.2 Å². The zero-order chi connectivity index (χ0) is 10.8. The van der Waals surface area contributed by atoms with Gasteiger partial charge in [0.1, 0.15) is 12.1 Å². The average Bonchev–Trinajstić information content (AvgIpc) is 3.03. The number of imidazole rings is 1. The molecule has 0 radical (unpaired) electrons. The fraction of sp³-hybridized carbons (Fsp3) is 0. The highest BCUT2D eigenvalue weighted by atomic mass is 16.3. The highest BCUT2D eigenvalue weighted by Gasteiger charge is 2.11. The number of rotatable bonds is 2. The lowest BCUT2D eigenvalue weighted by atomic mass is 10.1. The van der Waals surface area contributed by atoms with Crippen LogP contribution < -0.4 is 0 Å². The van der Waals surface area contributed by atoms with Gasteiger partial charge in [0.2, 0.25) is 5.89 Å². The Hall–Kier alpha value is -2.43. The molecule has 0 spiro atoms. The van der Waals surface area contributed by atoms with E-state index in [2.05, 4.69) is 19.9 Å². The lowest BCUT2D eigenvalue weighted by Gasteiger charge is -2.02. The molecule has 0 atom stereocenters. The second kappa shape index (κ2) is 3.62. The predicted octanol–water partition coefficient (Wildman–Crippen LogP) is 2.13. The van der Waals surface area contributed by atoms with Crippen molar-refractivity contribution in [1.29, 1.82) is 0 Å². The predicted molar refractivity (Wildman–Crippen MR) is 57.3 cm³/mol. The number of nitrogens with one attached hydrogen (secondary N) is 1. The van der Waals surface area contributed by atoms with Crippen LogP contribution in [0.5, 0.6) is 0 Å². The molecular formula is C11H8N4O. The van der Waals surface area contributed by atoms with Crippen LogP contribution in [0.2, 0.25) is 0 Å². The zero-order valence-corrected chi connectivity index (χ0v) is 8.29. The molecule has 3 rings (SSSR count). The SMILES string of the molecule is c1cc(-c2ncco2)c(-c2ncc[nH]2)cn1. The number of nitrogens with zero attached hydrogens (tertiary/aromatic N) is 3. The summed E-state index contributed by atoms with van der Waals surface area (Å²) < 4.78 is 5.28. The molecular weight excluding hydrogens is 204 g/mol. The van der Waals surface area contributed by atoms with Crippen LogP contribution in [0, 0.1) is 0 Å². The second-order valence-corrected chi connectivity index (χ2v) is 3.20. The summed E-state index contributed by atoms with van der Waals surface area (Å²) in [5, 5.41) is 0. The maximum Gasteiger partial charge on any atom is 0.226 e. The second-order valence-electron chi connectivity index (χ2n) is 3.20. The fourth-order valence-electron chi connectivity index (χ4n) is 1.54. The molecule has 0 saturated heterocycles. The van der Waals surface area contributed by atoms with Crippen LogP contribution in [0.15, 0.2) is 47.7 Å². The lowest BCUT2D eigenvalue weighted by Crippen LogP contribution is -1.88. The van der Waals surface area contributed by atoms with Crippen molar-refractivity contribution in [2.75, 3.05) is 0 Å². The summed E-state index contributed by atoms with van der Waals surface area (Å²) in [5.41, 5.74) is 1.74. The van der Waals surface area contributed by atoms with E-state index in [0.29, 0.717) is 5.89 Å². The Bertz CT molecular complexity index is 519. The molecule has 3 heterocycles. The van der Waals surface area contributed by atoms with Crippen LogP contribution in [0.25, 0.3) is 22.8 Å². The Kier molecular flexibility index (Phi) is 2.00. The maximum atomic E-state index is 5.28. The van der Waals surface area contributed by atoms with Gasteiger partial charge in [-0.25, -0.2) is 9.97 Å². The molecule has 0 unspecified atom stereocenters. The highest BCUT2D eigenvalue weighted by Crippen LogP contribution is 2.27. The molecule has 0 aliphatic heterocycles. The van der Waals surface area contributed by atoms with Gasteiger partial charge in [0.15, 0.2) is 0 Å². The molecule has 78 valence electrons. The van der Waals surface area contributed by atoms with Crippen LogP contribution in [0.1, 0.15) is 0 Å². The van der Waals surface area contributed by atoms with Crippen molar-refractivity contribution in [2.45, 2.75) is 0 Å². The van der Waals surface area contributed by atoms with Gasteiger partial charge in [0, 0.05) is 30.4 Å². The Morgan fingerprint density at radius 1 is 1.06 bits per heavy atom. The molecule has 5 nitrogen and oxygen atoms in total. The van der Waals surface area contributed by atoms with E-state index in [0.717, 1.165) is 17.0 Å². The standard InChI is InChI=1S/C11H8N4O/c1-2-12-7-9(10-13-3-4-14-10)8(1)11-15-5-6-16-11/h1-7H,(H,13,14). The number of hydrogen-bond donors (Lipinski definition) is 1. The Balaban J connectivity index is 2.19. The molecule has 3 aromatic heterocycles. The van der Waals surface area contributed by atoms with Gasteiger partial charge in [-0.3, -0.25) is 4.98 Å². The molecule has 0 aliphatic carbocycles. The smallest absolute Gasteiger partial charge is 0.226 e. The van der Waals surface area contributed by atoms with Gasteiger partial charge in [-0.15, -0.1) is 0 Å². The molecule has 1 N–H and O–H groups in total. The van der Waals surface area contributed by atoms with Crippen molar-refractivity contribution < 1.29 is 4.42 Å². The fourth-order valence-corrected chi connectivity index (χ4v) is 1.54. The van der Waals surface area contributed by atoms with Crippen LogP contribution >= 0.6 is 0 Å². The lowest BCUT2D eigenvalue weighted by molar-refractivity contribution is 0.574. The monoisotopic (exact) mass is 212 g/mol. The van der Waals surface area contributed by atoms with Gasteiger partial charge in [-0.2, -0.15) is 0 Å². The van der Waals surface area contributed by atoms with Gasteiger partial charge in [0.05, 0.1) is 11.8 Å². The normalized spacial score (nSPS) is 10.5. The van der Waals surface area contributed by atoms with E-state index >= 15 is 0 Å². The minimum atomic E-state index is 0.564. The van der Waals surface area contributed by atoms with Crippen LogP contribution in [-0.4, -0.2) is 19.9 Å². The van der Waals surface area contributed by atoms with E-state index in [-0.39, 0.29) is 0 Å². The largest absolute Gasteiger partial charge is 0.445 e. The Morgan fingerprint density at radius 3 is 2.81 bits per heavy atom. The molecule has 0 aromatic carbocycles. The summed E-state index contributed by atoms with van der Waals surface area (Å²) in [6.45, 7) is 0. The van der Waals surface area contributed by atoms with Gasteiger partial charge >= 0.3 is 0 Å². The molecule has 5 heteroatoms. The molecule has 0 amide bonds.